The molecule has 0 fully saturated rings. The largest absolute Gasteiger partial charge is 0.485 e. The van der Waals surface area contributed by atoms with E-state index in [0.29, 0.717) is 29.6 Å². The summed E-state index contributed by atoms with van der Waals surface area (Å²) in [5, 5.41) is 19.3. The molecule has 1 N–H and O–H groups in total. The van der Waals surface area contributed by atoms with Gasteiger partial charge in [-0.05, 0) is 153 Å². The molecule has 1 aromatic heterocycles. The highest BCUT2D eigenvalue weighted by molar-refractivity contribution is 7.17. The first-order valence-corrected chi connectivity index (χ1v) is 28.3. The van der Waals surface area contributed by atoms with Gasteiger partial charge in [0.15, 0.2) is 11.5 Å². The van der Waals surface area contributed by atoms with Gasteiger partial charge in [-0.2, -0.15) is 5.26 Å². The molecule has 0 spiro atoms. The molecule has 0 radical (unpaired) electrons. The highest BCUT2D eigenvalue weighted by Crippen LogP contribution is 2.71. The number of anilines is 3. The highest BCUT2D eigenvalue weighted by atomic mass is 32.1. The number of carbonyl (C=O) groups is 1. The number of fused-ring (bicyclic) bond motifs is 13. The summed E-state index contributed by atoms with van der Waals surface area (Å²) in [6, 6.07) is 47.9. The van der Waals surface area contributed by atoms with E-state index in [-0.39, 0.29) is 21.8 Å². The van der Waals surface area contributed by atoms with Crippen LogP contribution in [0.3, 0.4) is 0 Å². The first-order valence-electron chi connectivity index (χ1n) is 27.5. The van der Waals surface area contributed by atoms with Crippen LogP contribution in [-0.4, -0.2) is 24.3 Å². The molecule has 0 atom stereocenters. The van der Waals surface area contributed by atoms with Crippen molar-refractivity contribution in [1.82, 2.24) is 0 Å². The summed E-state index contributed by atoms with van der Waals surface area (Å²) in [6.07, 6.45) is 14.6. The number of benzene rings is 6. The number of thiophene rings is 1. The first kappa shape index (κ1) is 49.3. The van der Waals surface area contributed by atoms with Gasteiger partial charge in [-0.3, -0.25) is 0 Å². The molecule has 3 aliphatic carbocycles. The van der Waals surface area contributed by atoms with E-state index >= 15 is 0 Å². The van der Waals surface area contributed by atoms with Crippen molar-refractivity contribution in [2.24, 2.45) is 0 Å². The van der Waals surface area contributed by atoms with Crippen molar-refractivity contribution in [2.45, 2.75) is 135 Å². The Labute approximate surface area is 442 Å². The average Bonchev–Trinajstić information content (AvgIpc) is 4.29. The lowest BCUT2D eigenvalue weighted by Crippen LogP contribution is -2.30. The Morgan fingerprint density at radius 3 is 1.49 bits per heavy atom. The van der Waals surface area contributed by atoms with Crippen LogP contribution in [0.15, 0.2) is 127 Å². The minimum absolute atomic E-state index is 0.0889. The lowest BCUT2D eigenvalue weighted by Gasteiger charge is -2.39. The van der Waals surface area contributed by atoms with E-state index in [1.807, 2.05) is 6.07 Å². The molecule has 7 heteroatoms. The molecule has 11 rings (SSSR count). The number of nitrogens with zero attached hydrogens (tertiary/aromatic N) is 2. The van der Waals surface area contributed by atoms with Gasteiger partial charge in [0.2, 0.25) is 0 Å². The summed E-state index contributed by atoms with van der Waals surface area (Å²) in [7, 11) is 0. The van der Waals surface area contributed by atoms with Gasteiger partial charge in [0.05, 0.1) is 9.75 Å². The molecule has 0 unspecified atom stereocenters. The van der Waals surface area contributed by atoms with Crippen LogP contribution in [0.5, 0.6) is 11.5 Å². The Morgan fingerprint density at radius 1 is 0.568 bits per heavy atom. The number of carboxylic acids is 1. The van der Waals surface area contributed by atoms with Crippen LogP contribution in [0.25, 0.3) is 49.9 Å². The maximum absolute atomic E-state index is 11.9. The molecule has 0 amide bonds. The van der Waals surface area contributed by atoms with Gasteiger partial charge in [0.1, 0.15) is 24.9 Å². The van der Waals surface area contributed by atoms with Crippen molar-refractivity contribution in [3.05, 3.63) is 165 Å². The number of aliphatic carboxylic acids is 1. The highest BCUT2D eigenvalue weighted by Gasteiger charge is 2.57. The summed E-state index contributed by atoms with van der Waals surface area (Å²) in [5.74, 6) is -0.216. The maximum atomic E-state index is 11.9. The van der Waals surface area contributed by atoms with Gasteiger partial charge in [-0.15, -0.1) is 11.3 Å². The third kappa shape index (κ3) is 7.33. The molecule has 6 aromatic carbocycles. The molecule has 0 saturated carbocycles. The minimum atomic E-state index is -1.28. The van der Waals surface area contributed by atoms with Crippen LogP contribution < -0.4 is 14.4 Å². The summed E-state index contributed by atoms with van der Waals surface area (Å²) < 4.78 is 12.2. The predicted octanol–water partition coefficient (Wildman–Crippen LogP) is 18.2. The monoisotopic (exact) mass is 996 g/mol. The zero-order chi connectivity index (χ0) is 51.4. The Morgan fingerprint density at radius 2 is 1.00 bits per heavy atom. The second kappa shape index (κ2) is 19.8. The average molecular weight is 997 g/mol. The van der Waals surface area contributed by atoms with Crippen molar-refractivity contribution in [3.63, 3.8) is 0 Å². The van der Waals surface area contributed by atoms with E-state index in [4.69, 9.17) is 9.47 Å². The number of hydrogen-bond acceptors (Lipinski definition) is 6. The topological polar surface area (TPSA) is 82.8 Å². The number of ether oxygens (including phenoxy) is 2. The molecular weight excluding hydrogens is 929 g/mol. The Hall–Kier alpha value is -6.88. The molecule has 7 aromatic rings. The Balaban J connectivity index is 1.17. The second-order valence-corrected chi connectivity index (χ2v) is 22.2. The van der Waals surface area contributed by atoms with Crippen LogP contribution in [0.1, 0.15) is 157 Å². The summed E-state index contributed by atoms with van der Waals surface area (Å²) in [6.45, 7) is 15.2. The van der Waals surface area contributed by atoms with Crippen molar-refractivity contribution in [3.8, 4) is 61.4 Å². The summed E-state index contributed by atoms with van der Waals surface area (Å²) in [5.41, 5.74) is 21.7. The summed E-state index contributed by atoms with van der Waals surface area (Å²) >= 11 is 1.38. The normalized spacial score (nSPS) is 15.6. The molecule has 0 bridgehead atoms. The van der Waals surface area contributed by atoms with Gasteiger partial charge < -0.3 is 19.5 Å². The minimum Gasteiger partial charge on any atom is -0.485 e. The zero-order valence-corrected chi connectivity index (χ0v) is 44.8. The molecule has 0 saturated heterocycles. The van der Waals surface area contributed by atoms with E-state index in [2.05, 4.69) is 168 Å². The summed E-state index contributed by atoms with van der Waals surface area (Å²) in [4.78, 5) is 15.7. The number of hydrogen-bond donors (Lipinski definition) is 1. The standard InChI is InChI=1S/C67H68N2O4S/c1-7-32-65(33-8-2)52-25-19-17-23-49(52)56-58(65)55-48-22-16-18-24-51(48)66(34-9-3,35-10-4)59(55)57-50-31-30-47(41-53(50)67(36-11-5,37-12-6)60(56)57)69(45-20-14-13-15-21-45)46-28-26-43(27-29-46)63-62-61(72-38-39-73-62)54(74-63)40-44(42-68)64(70)71/h13-31,40-41H,7-12,32-39H2,1-6H3,(H,70,71)/b44-40+. The number of para-hydroxylation sites is 1. The fraction of sp³-hybridized carbons (Fsp3) is 0.343. The van der Waals surface area contributed by atoms with E-state index in [1.54, 1.807) is 27.8 Å². The van der Waals surface area contributed by atoms with E-state index < -0.39 is 5.97 Å². The lowest BCUT2D eigenvalue weighted by molar-refractivity contribution is -0.132. The van der Waals surface area contributed by atoms with E-state index in [9.17, 15) is 15.2 Å². The van der Waals surface area contributed by atoms with Crippen LogP contribution in [-0.2, 0) is 21.0 Å². The number of rotatable bonds is 18. The van der Waals surface area contributed by atoms with E-state index in [1.165, 1.54) is 56.4 Å². The van der Waals surface area contributed by atoms with Crippen LogP contribution >= 0.6 is 11.3 Å². The molecule has 6 nitrogen and oxygen atoms in total. The van der Waals surface area contributed by atoms with Gasteiger partial charge in [-0.1, -0.05) is 165 Å². The Bertz CT molecular complexity index is 3350. The van der Waals surface area contributed by atoms with Gasteiger partial charge in [0, 0.05) is 33.3 Å². The molecule has 2 heterocycles. The van der Waals surface area contributed by atoms with Gasteiger partial charge in [0.25, 0.3) is 0 Å². The maximum Gasteiger partial charge on any atom is 0.346 e. The number of carboxylic acid groups (broad SMARTS) is 1. The fourth-order valence-electron chi connectivity index (χ4n) is 14.7. The van der Waals surface area contributed by atoms with Crippen molar-refractivity contribution < 1.29 is 19.4 Å². The predicted molar refractivity (Wildman–Crippen MR) is 305 cm³/mol. The first-order chi connectivity index (χ1) is 36.2. The fourth-order valence-corrected chi connectivity index (χ4v) is 15.9. The van der Waals surface area contributed by atoms with Crippen LogP contribution in [0.2, 0.25) is 0 Å². The smallest absolute Gasteiger partial charge is 0.346 e. The SMILES string of the molecule is CCCC1(CCC)c2ccccc2-c2c1c1c(c3c2C(CCC)(CCC)c2cc(N(c4ccccc4)c4ccc(-c5sc(/C=C(\C#N)C(=O)O)c6c5OCCO6)cc4)ccc2-3)C(CCC)(CCC)c2ccccc2-1. The van der Waals surface area contributed by atoms with Crippen molar-refractivity contribution in [1.29, 1.82) is 5.26 Å². The molecular formula is C67H68N2O4S. The van der Waals surface area contributed by atoms with Gasteiger partial charge >= 0.3 is 5.97 Å². The Kier molecular flexibility index (Phi) is 13.2. The molecule has 1 aliphatic heterocycles. The van der Waals surface area contributed by atoms with Crippen molar-refractivity contribution in [2.75, 3.05) is 18.1 Å². The number of nitriles is 1. The lowest BCUT2D eigenvalue weighted by atomic mass is 9.64. The van der Waals surface area contributed by atoms with E-state index in [0.717, 1.165) is 105 Å². The third-order valence-corrected chi connectivity index (χ3v) is 18.1. The third-order valence-electron chi connectivity index (χ3n) is 16.9. The quantitative estimate of drug-likeness (QED) is 0.0681. The van der Waals surface area contributed by atoms with Gasteiger partial charge in [-0.25, -0.2) is 4.79 Å². The van der Waals surface area contributed by atoms with Crippen LogP contribution in [0, 0.1) is 11.3 Å². The van der Waals surface area contributed by atoms with Crippen LogP contribution in [0.4, 0.5) is 17.1 Å². The van der Waals surface area contributed by atoms with Crippen molar-refractivity contribution >= 4 is 40.4 Å². The molecule has 74 heavy (non-hydrogen) atoms. The zero-order valence-electron chi connectivity index (χ0n) is 44.0. The molecule has 376 valence electrons. The molecule has 4 aliphatic rings. The second-order valence-electron chi connectivity index (χ2n) is 21.2.